The van der Waals surface area contributed by atoms with Crippen molar-refractivity contribution in [3.8, 4) is 0 Å². The number of H-pyrrole nitrogens is 1. The second kappa shape index (κ2) is 5.37. The highest BCUT2D eigenvalue weighted by atomic mass is 127. The summed E-state index contributed by atoms with van der Waals surface area (Å²) in [6.07, 6.45) is -2.84. The Bertz CT molecular complexity index is 459. The molecule has 0 aromatic carbocycles. The Hall–Kier alpha value is -0.990. The van der Waals surface area contributed by atoms with Gasteiger partial charge in [0.25, 0.3) is 6.43 Å². The summed E-state index contributed by atoms with van der Waals surface area (Å²) in [6, 6.07) is 1.00. The standard InChI is InChI=1S/C9H8F2INO3/c1-2-16-9(15)7-6(8(10)11)4(12)3-5(14)13-7/h3,8H,2H2,1H3,(H,13,14). The predicted molar refractivity (Wildman–Crippen MR) is 60.7 cm³/mol. The van der Waals surface area contributed by atoms with Gasteiger partial charge in [-0.25, -0.2) is 13.6 Å². The van der Waals surface area contributed by atoms with E-state index in [4.69, 9.17) is 0 Å². The van der Waals surface area contributed by atoms with Crippen LogP contribution in [0.5, 0.6) is 0 Å². The van der Waals surface area contributed by atoms with Gasteiger partial charge < -0.3 is 9.72 Å². The molecular formula is C9H8F2INO3. The number of rotatable bonds is 3. The van der Waals surface area contributed by atoms with Gasteiger partial charge in [-0.05, 0) is 29.5 Å². The average molecular weight is 343 g/mol. The van der Waals surface area contributed by atoms with E-state index in [0.717, 1.165) is 6.07 Å². The van der Waals surface area contributed by atoms with Gasteiger partial charge in [-0.3, -0.25) is 4.79 Å². The van der Waals surface area contributed by atoms with E-state index < -0.39 is 29.2 Å². The van der Waals surface area contributed by atoms with Gasteiger partial charge in [0.05, 0.1) is 12.2 Å². The first-order valence-electron chi connectivity index (χ1n) is 4.35. The Labute approximate surface area is 103 Å². The number of nitrogens with one attached hydrogen (secondary N) is 1. The number of carbonyl (C=O) groups is 1. The molecule has 0 saturated heterocycles. The molecule has 1 rings (SSSR count). The Balaban J connectivity index is 3.35. The van der Waals surface area contributed by atoms with Crippen LogP contribution in [0, 0.1) is 3.57 Å². The highest BCUT2D eigenvalue weighted by Gasteiger charge is 2.23. The van der Waals surface area contributed by atoms with Crippen LogP contribution in [0.25, 0.3) is 0 Å². The van der Waals surface area contributed by atoms with Crippen LogP contribution in [0.15, 0.2) is 10.9 Å². The third kappa shape index (κ3) is 2.77. The highest BCUT2D eigenvalue weighted by Crippen LogP contribution is 2.26. The topological polar surface area (TPSA) is 59.2 Å². The second-order valence-corrected chi connectivity index (χ2v) is 3.95. The SMILES string of the molecule is CCOC(=O)c1[nH]c(=O)cc(I)c1C(F)F. The molecule has 0 spiro atoms. The fraction of sp³-hybridized carbons (Fsp3) is 0.333. The minimum Gasteiger partial charge on any atom is -0.461 e. The lowest BCUT2D eigenvalue weighted by Crippen LogP contribution is -2.19. The summed E-state index contributed by atoms with van der Waals surface area (Å²) in [5.74, 6) is -0.951. The normalized spacial score (nSPS) is 10.6. The van der Waals surface area contributed by atoms with Crippen LogP contribution in [0.3, 0.4) is 0 Å². The average Bonchev–Trinajstić information content (AvgIpc) is 2.15. The van der Waals surface area contributed by atoms with Gasteiger partial charge in [0.2, 0.25) is 5.56 Å². The van der Waals surface area contributed by atoms with Gasteiger partial charge >= 0.3 is 5.97 Å². The molecule has 0 fully saturated rings. The van der Waals surface area contributed by atoms with E-state index in [9.17, 15) is 18.4 Å². The second-order valence-electron chi connectivity index (χ2n) is 2.79. The Morgan fingerprint density at radius 3 is 2.75 bits per heavy atom. The van der Waals surface area contributed by atoms with Gasteiger partial charge in [0.1, 0.15) is 5.69 Å². The molecule has 0 radical (unpaired) electrons. The van der Waals surface area contributed by atoms with Crippen LogP contribution < -0.4 is 5.56 Å². The van der Waals surface area contributed by atoms with E-state index in [1.54, 1.807) is 29.5 Å². The lowest BCUT2D eigenvalue weighted by atomic mass is 10.2. The summed E-state index contributed by atoms with van der Waals surface area (Å²) in [4.78, 5) is 24.5. The molecular weight excluding hydrogens is 335 g/mol. The zero-order valence-corrected chi connectivity index (χ0v) is 10.4. The van der Waals surface area contributed by atoms with Crippen LogP contribution in [-0.4, -0.2) is 17.6 Å². The van der Waals surface area contributed by atoms with Gasteiger partial charge in [0.15, 0.2) is 0 Å². The number of esters is 1. The maximum atomic E-state index is 12.7. The molecule has 0 atom stereocenters. The molecule has 4 nitrogen and oxygen atoms in total. The number of alkyl halides is 2. The molecule has 0 unspecified atom stereocenters. The number of pyridine rings is 1. The molecule has 16 heavy (non-hydrogen) atoms. The van der Waals surface area contributed by atoms with E-state index in [2.05, 4.69) is 9.72 Å². The van der Waals surface area contributed by atoms with Crippen molar-refractivity contribution in [3.05, 3.63) is 31.2 Å². The van der Waals surface area contributed by atoms with Crippen molar-refractivity contribution in [2.45, 2.75) is 13.3 Å². The van der Waals surface area contributed by atoms with Crippen molar-refractivity contribution in [3.63, 3.8) is 0 Å². The molecule has 88 valence electrons. The van der Waals surface area contributed by atoms with E-state index in [0.29, 0.717) is 0 Å². The number of ether oxygens (including phenoxy) is 1. The van der Waals surface area contributed by atoms with Crippen molar-refractivity contribution < 1.29 is 18.3 Å². The Kier molecular flexibility index (Phi) is 4.39. The quantitative estimate of drug-likeness (QED) is 0.676. The van der Waals surface area contributed by atoms with Crippen molar-refractivity contribution in [1.82, 2.24) is 4.98 Å². The number of aromatic amines is 1. The number of halogens is 3. The van der Waals surface area contributed by atoms with E-state index in [1.165, 1.54) is 0 Å². The zero-order valence-electron chi connectivity index (χ0n) is 8.22. The number of hydrogen-bond donors (Lipinski definition) is 1. The predicted octanol–water partition coefficient (Wildman–Crippen LogP) is 2.09. The van der Waals surface area contributed by atoms with Crippen LogP contribution >= 0.6 is 22.6 Å². The molecule has 0 bridgehead atoms. The monoisotopic (exact) mass is 343 g/mol. The summed E-state index contributed by atoms with van der Waals surface area (Å²) < 4.78 is 30.0. The molecule has 1 N–H and O–H groups in total. The maximum Gasteiger partial charge on any atom is 0.355 e. The summed E-state index contributed by atoms with van der Waals surface area (Å²) in [5, 5.41) is 0. The largest absolute Gasteiger partial charge is 0.461 e. The fourth-order valence-electron chi connectivity index (χ4n) is 1.12. The van der Waals surface area contributed by atoms with Gasteiger partial charge in [0, 0.05) is 9.64 Å². The van der Waals surface area contributed by atoms with Crippen LogP contribution in [-0.2, 0) is 4.74 Å². The fourth-order valence-corrected chi connectivity index (χ4v) is 1.90. The van der Waals surface area contributed by atoms with Crippen LogP contribution in [0.2, 0.25) is 0 Å². The number of hydrogen-bond acceptors (Lipinski definition) is 3. The van der Waals surface area contributed by atoms with Gasteiger partial charge in [-0.15, -0.1) is 0 Å². The summed E-state index contributed by atoms with van der Waals surface area (Å²) in [6.45, 7) is 1.60. The minimum absolute atomic E-state index is 0.0411. The van der Waals surface area contributed by atoms with Crippen molar-refractivity contribution in [1.29, 1.82) is 0 Å². The first-order valence-corrected chi connectivity index (χ1v) is 5.43. The summed E-state index contributed by atoms with van der Waals surface area (Å²) >= 11 is 1.58. The number of aromatic nitrogens is 1. The van der Waals surface area contributed by atoms with Crippen molar-refractivity contribution >= 4 is 28.6 Å². The lowest BCUT2D eigenvalue weighted by molar-refractivity contribution is 0.0506. The molecule has 1 aromatic heterocycles. The van der Waals surface area contributed by atoms with Crippen LogP contribution in [0.4, 0.5) is 8.78 Å². The molecule has 0 aliphatic carbocycles. The van der Waals surface area contributed by atoms with Gasteiger partial charge in [-0.1, -0.05) is 0 Å². The smallest absolute Gasteiger partial charge is 0.355 e. The summed E-state index contributed by atoms with van der Waals surface area (Å²) in [7, 11) is 0. The Morgan fingerprint density at radius 1 is 1.62 bits per heavy atom. The first kappa shape index (κ1) is 13.1. The highest BCUT2D eigenvalue weighted by molar-refractivity contribution is 14.1. The van der Waals surface area contributed by atoms with Crippen molar-refractivity contribution in [2.75, 3.05) is 6.61 Å². The minimum atomic E-state index is -2.84. The molecule has 0 amide bonds. The molecule has 7 heteroatoms. The van der Waals surface area contributed by atoms with Crippen LogP contribution in [0.1, 0.15) is 29.4 Å². The molecule has 0 aliphatic heterocycles. The number of carbonyl (C=O) groups excluding carboxylic acids is 1. The third-order valence-corrected chi connectivity index (χ3v) is 2.62. The third-order valence-electron chi connectivity index (χ3n) is 1.73. The molecule has 0 aliphatic rings. The van der Waals surface area contributed by atoms with E-state index in [-0.39, 0.29) is 10.2 Å². The summed E-state index contributed by atoms with van der Waals surface area (Å²) in [5.41, 5.74) is -1.59. The van der Waals surface area contributed by atoms with Gasteiger partial charge in [-0.2, -0.15) is 0 Å². The molecule has 1 aromatic rings. The molecule has 1 heterocycles. The van der Waals surface area contributed by atoms with E-state index in [1.807, 2.05) is 0 Å². The molecule has 0 saturated carbocycles. The maximum absolute atomic E-state index is 12.7. The van der Waals surface area contributed by atoms with Crippen molar-refractivity contribution in [2.24, 2.45) is 0 Å². The zero-order chi connectivity index (χ0) is 12.3. The Morgan fingerprint density at radius 2 is 2.25 bits per heavy atom. The first-order chi connectivity index (χ1) is 7.47. The van der Waals surface area contributed by atoms with E-state index >= 15 is 0 Å². The lowest BCUT2D eigenvalue weighted by Gasteiger charge is -2.09.